The van der Waals surface area contributed by atoms with Crippen LogP contribution < -0.4 is 0 Å². The number of hydrogen-bond acceptors (Lipinski definition) is 2. The van der Waals surface area contributed by atoms with Gasteiger partial charge in [0.05, 0.1) is 6.20 Å². The first-order chi connectivity index (χ1) is 13.7. The first kappa shape index (κ1) is 19.7. The lowest BCUT2D eigenvalue weighted by atomic mass is 9.89. The van der Waals surface area contributed by atoms with Gasteiger partial charge < -0.3 is 4.90 Å². The lowest BCUT2D eigenvalue weighted by Crippen LogP contribution is -2.36. The summed E-state index contributed by atoms with van der Waals surface area (Å²) in [7, 11) is 0. The van der Waals surface area contributed by atoms with Gasteiger partial charge in [0.2, 0.25) is 0 Å². The average Bonchev–Trinajstić information content (AvgIpc) is 3.33. The summed E-state index contributed by atoms with van der Waals surface area (Å²) < 4.78 is 2.28. The molecule has 0 amide bonds. The Morgan fingerprint density at radius 2 is 1.79 bits per heavy atom. The molecule has 2 aromatic rings. The van der Waals surface area contributed by atoms with E-state index in [2.05, 4.69) is 60.0 Å². The molecule has 1 saturated heterocycles. The van der Waals surface area contributed by atoms with Crippen LogP contribution in [0.1, 0.15) is 68.7 Å². The number of benzene rings is 1. The van der Waals surface area contributed by atoms with Crippen LogP contribution in [0, 0.1) is 11.8 Å². The maximum atomic E-state index is 4.74. The molecule has 0 bridgehead atoms. The SMILES string of the molecule is CCn1ncc(CCc2ccccc2)c1C1CCN(CC2CCC(C)C2)CC1. The second kappa shape index (κ2) is 9.26. The van der Waals surface area contributed by atoms with Crippen molar-refractivity contribution < 1.29 is 0 Å². The minimum absolute atomic E-state index is 0.687. The van der Waals surface area contributed by atoms with Crippen LogP contribution in [0.2, 0.25) is 0 Å². The van der Waals surface area contributed by atoms with E-state index >= 15 is 0 Å². The predicted molar refractivity (Wildman–Crippen MR) is 117 cm³/mol. The van der Waals surface area contributed by atoms with Crippen molar-refractivity contribution in [2.75, 3.05) is 19.6 Å². The maximum Gasteiger partial charge on any atom is 0.0524 e. The third kappa shape index (κ3) is 4.68. The normalized spacial score (nSPS) is 24.1. The standard InChI is InChI=1S/C25H37N3/c1-3-28-25(24(18-26-28)12-11-21-7-5-4-6-8-21)23-13-15-27(16-14-23)19-22-10-9-20(2)17-22/h4-8,18,20,22-23H,3,9-17,19H2,1-2H3. The van der Waals surface area contributed by atoms with Crippen molar-refractivity contribution in [3.05, 3.63) is 53.3 Å². The van der Waals surface area contributed by atoms with E-state index in [1.807, 2.05) is 0 Å². The Morgan fingerprint density at radius 1 is 1.00 bits per heavy atom. The van der Waals surface area contributed by atoms with E-state index in [0.29, 0.717) is 5.92 Å². The third-order valence-electron chi connectivity index (χ3n) is 7.08. The quantitative estimate of drug-likeness (QED) is 0.650. The zero-order valence-corrected chi connectivity index (χ0v) is 17.8. The highest BCUT2D eigenvalue weighted by atomic mass is 15.3. The summed E-state index contributed by atoms with van der Waals surface area (Å²) in [5.41, 5.74) is 4.44. The zero-order chi connectivity index (χ0) is 19.3. The average molecular weight is 380 g/mol. The van der Waals surface area contributed by atoms with Gasteiger partial charge in [0.15, 0.2) is 0 Å². The van der Waals surface area contributed by atoms with E-state index in [9.17, 15) is 0 Å². The molecule has 1 aromatic carbocycles. The van der Waals surface area contributed by atoms with Crippen molar-refractivity contribution in [2.24, 2.45) is 11.8 Å². The number of piperidine rings is 1. The molecular formula is C25H37N3. The molecule has 1 saturated carbocycles. The molecule has 28 heavy (non-hydrogen) atoms. The van der Waals surface area contributed by atoms with Gasteiger partial charge in [-0.3, -0.25) is 4.68 Å². The van der Waals surface area contributed by atoms with Crippen LogP contribution in [-0.2, 0) is 19.4 Å². The van der Waals surface area contributed by atoms with Crippen LogP contribution in [0.25, 0.3) is 0 Å². The Balaban J connectivity index is 1.36. The number of nitrogens with zero attached hydrogens (tertiary/aromatic N) is 3. The second-order valence-electron chi connectivity index (χ2n) is 9.22. The van der Waals surface area contributed by atoms with Crippen LogP contribution in [0.5, 0.6) is 0 Å². The van der Waals surface area contributed by atoms with Gasteiger partial charge in [0.25, 0.3) is 0 Å². The molecule has 0 spiro atoms. The monoisotopic (exact) mass is 379 g/mol. The summed E-state index contributed by atoms with van der Waals surface area (Å²) in [5.74, 6) is 2.59. The topological polar surface area (TPSA) is 21.1 Å². The molecule has 0 radical (unpaired) electrons. The first-order valence-electron chi connectivity index (χ1n) is 11.5. The van der Waals surface area contributed by atoms with Crippen molar-refractivity contribution >= 4 is 0 Å². The summed E-state index contributed by atoms with van der Waals surface area (Å²) >= 11 is 0. The van der Waals surface area contributed by atoms with Crippen LogP contribution in [0.3, 0.4) is 0 Å². The molecule has 2 heterocycles. The molecule has 2 atom stereocenters. The number of aromatic nitrogens is 2. The predicted octanol–water partition coefficient (Wildman–Crippen LogP) is 5.30. The van der Waals surface area contributed by atoms with Gasteiger partial charge in [-0.2, -0.15) is 5.10 Å². The zero-order valence-electron chi connectivity index (χ0n) is 17.8. The largest absolute Gasteiger partial charge is 0.303 e. The van der Waals surface area contributed by atoms with E-state index in [0.717, 1.165) is 31.2 Å². The minimum Gasteiger partial charge on any atom is -0.303 e. The van der Waals surface area contributed by atoms with Crippen LogP contribution in [-0.4, -0.2) is 34.3 Å². The second-order valence-corrected chi connectivity index (χ2v) is 9.22. The molecule has 3 nitrogen and oxygen atoms in total. The lowest BCUT2D eigenvalue weighted by Gasteiger charge is -2.34. The van der Waals surface area contributed by atoms with E-state index in [1.165, 1.54) is 68.6 Å². The number of rotatable bonds is 7. The molecule has 2 unspecified atom stereocenters. The Labute approximate surface area is 171 Å². The molecule has 1 aromatic heterocycles. The summed E-state index contributed by atoms with van der Waals surface area (Å²) in [6.07, 6.45) is 11.3. The Kier molecular flexibility index (Phi) is 6.51. The fourth-order valence-corrected chi connectivity index (χ4v) is 5.52. The summed E-state index contributed by atoms with van der Waals surface area (Å²) in [5, 5.41) is 4.74. The molecule has 2 aliphatic rings. The van der Waals surface area contributed by atoms with E-state index in [-0.39, 0.29) is 0 Å². The van der Waals surface area contributed by atoms with Gasteiger partial charge in [-0.1, -0.05) is 43.7 Å². The van der Waals surface area contributed by atoms with Gasteiger partial charge in [-0.05, 0) is 81.5 Å². The summed E-state index contributed by atoms with van der Waals surface area (Å²) in [6, 6.07) is 10.9. The molecule has 0 N–H and O–H groups in total. The smallest absolute Gasteiger partial charge is 0.0524 e. The minimum atomic E-state index is 0.687. The molecule has 1 aliphatic carbocycles. The van der Waals surface area contributed by atoms with Crippen molar-refractivity contribution in [3.8, 4) is 0 Å². The van der Waals surface area contributed by atoms with E-state index < -0.39 is 0 Å². The summed E-state index contributed by atoms with van der Waals surface area (Å²) in [6.45, 7) is 9.51. The van der Waals surface area contributed by atoms with E-state index in [4.69, 9.17) is 5.10 Å². The van der Waals surface area contributed by atoms with Crippen molar-refractivity contribution in [1.29, 1.82) is 0 Å². The molecule has 2 fully saturated rings. The van der Waals surface area contributed by atoms with Crippen LogP contribution in [0.15, 0.2) is 36.5 Å². The third-order valence-corrected chi connectivity index (χ3v) is 7.08. The number of aryl methyl sites for hydroxylation is 3. The van der Waals surface area contributed by atoms with Gasteiger partial charge >= 0.3 is 0 Å². The van der Waals surface area contributed by atoms with Crippen molar-refractivity contribution in [3.63, 3.8) is 0 Å². The molecule has 152 valence electrons. The molecule has 1 aliphatic heterocycles. The number of hydrogen-bond donors (Lipinski definition) is 0. The lowest BCUT2D eigenvalue weighted by molar-refractivity contribution is 0.179. The fourth-order valence-electron chi connectivity index (χ4n) is 5.52. The fraction of sp³-hybridized carbons (Fsp3) is 0.640. The van der Waals surface area contributed by atoms with Gasteiger partial charge in [-0.15, -0.1) is 0 Å². The van der Waals surface area contributed by atoms with Gasteiger partial charge in [-0.25, -0.2) is 0 Å². The number of likely N-dealkylation sites (tertiary alicyclic amines) is 1. The van der Waals surface area contributed by atoms with Crippen molar-refractivity contribution in [1.82, 2.24) is 14.7 Å². The highest BCUT2D eigenvalue weighted by Crippen LogP contribution is 2.34. The molecule has 4 rings (SSSR count). The van der Waals surface area contributed by atoms with Crippen molar-refractivity contribution in [2.45, 2.75) is 71.3 Å². The molecular weight excluding hydrogens is 342 g/mol. The van der Waals surface area contributed by atoms with E-state index in [1.54, 1.807) is 0 Å². The summed E-state index contributed by atoms with van der Waals surface area (Å²) in [4.78, 5) is 2.75. The Bertz CT molecular complexity index is 728. The Morgan fingerprint density at radius 3 is 2.46 bits per heavy atom. The molecule has 3 heteroatoms. The van der Waals surface area contributed by atoms with Gasteiger partial charge in [0.1, 0.15) is 0 Å². The highest BCUT2D eigenvalue weighted by molar-refractivity contribution is 5.25. The van der Waals surface area contributed by atoms with Crippen LogP contribution in [0.4, 0.5) is 0 Å². The van der Waals surface area contributed by atoms with Crippen LogP contribution >= 0.6 is 0 Å². The first-order valence-corrected chi connectivity index (χ1v) is 11.5. The van der Waals surface area contributed by atoms with Gasteiger partial charge in [0, 0.05) is 24.7 Å². The Hall–Kier alpha value is -1.61. The highest BCUT2D eigenvalue weighted by Gasteiger charge is 2.28. The maximum absolute atomic E-state index is 4.74.